The van der Waals surface area contributed by atoms with Gasteiger partial charge in [-0.2, -0.15) is 13.2 Å². The van der Waals surface area contributed by atoms with E-state index in [4.69, 9.17) is 9.47 Å². The maximum atomic E-state index is 12.3. The number of ether oxygens (including phenoxy) is 2. The minimum atomic E-state index is -4.44. The van der Waals surface area contributed by atoms with Crippen LogP contribution in [0.1, 0.15) is 6.42 Å². The van der Waals surface area contributed by atoms with E-state index in [0.29, 0.717) is 6.54 Å². The molecular formula is C17H25ClF3N3O3. The minimum absolute atomic E-state index is 0. The van der Waals surface area contributed by atoms with E-state index in [2.05, 4.69) is 15.5 Å². The molecule has 10 heteroatoms. The number of rotatable bonds is 9. The standard InChI is InChI=1S/C17H24F3N3O3.ClH/c18-17(19,20)13-26-15-5-2-1-4-14(15)25-12-16(24)22-6-3-9-23-10-7-21-8-11-23;/h1-2,4-5,21H,3,6-13H2,(H,22,24);1H. The third-order valence-electron chi connectivity index (χ3n) is 3.78. The number of halogens is 4. The van der Waals surface area contributed by atoms with E-state index >= 15 is 0 Å². The highest BCUT2D eigenvalue weighted by Crippen LogP contribution is 2.28. The predicted octanol–water partition coefficient (Wildman–Crippen LogP) is 1.84. The average Bonchev–Trinajstić information content (AvgIpc) is 2.63. The smallest absolute Gasteiger partial charge is 0.422 e. The molecule has 1 fully saturated rings. The molecule has 2 rings (SSSR count). The lowest BCUT2D eigenvalue weighted by atomic mass is 10.3. The first-order chi connectivity index (χ1) is 12.4. The van der Waals surface area contributed by atoms with Gasteiger partial charge >= 0.3 is 6.18 Å². The molecule has 1 aromatic rings. The van der Waals surface area contributed by atoms with Crippen molar-refractivity contribution in [3.05, 3.63) is 24.3 Å². The first-order valence-corrected chi connectivity index (χ1v) is 8.55. The zero-order chi connectivity index (χ0) is 18.8. The molecule has 0 atom stereocenters. The van der Waals surface area contributed by atoms with Crippen molar-refractivity contribution >= 4 is 18.3 Å². The number of amides is 1. The molecule has 1 aromatic carbocycles. The monoisotopic (exact) mass is 411 g/mol. The quantitative estimate of drug-likeness (QED) is 0.607. The third kappa shape index (κ3) is 9.69. The second-order valence-corrected chi connectivity index (χ2v) is 5.93. The molecule has 154 valence electrons. The van der Waals surface area contributed by atoms with Gasteiger partial charge in [-0.25, -0.2) is 0 Å². The fourth-order valence-electron chi connectivity index (χ4n) is 2.51. The van der Waals surface area contributed by atoms with Crippen molar-refractivity contribution in [2.45, 2.75) is 12.6 Å². The summed E-state index contributed by atoms with van der Waals surface area (Å²) in [5.41, 5.74) is 0. The molecule has 0 aliphatic carbocycles. The largest absolute Gasteiger partial charge is 0.480 e. The molecular weight excluding hydrogens is 387 g/mol. The molecule has 0 radical (unpaired) electrons. The predicted molar refractivity (Wildman–Crippen MR) is 97.7 cm³/mol. The van der Waals surface area contributed by atoms with Crippen molar-refractivity contribution in [3.8, 4) is 11.5 Å². The lowest BCUT2D eigenvalue weighted by Crippen LogP contribution is -2.44. The van der Waals surface area contributed by atoms with E-state index in [0.717, 1.165) is 39.1 Å². The zero-order valence-corrected chi connectivity index (χ0v) is 15.7. The van der Waals surface area contributed by atoms with Gasteiger partial charge in [0.1, 0.15) is 0 Å². The number of nitrogens with one attached hydrogen (secondary N) is 2. The minimum Gasteiger partial charge on any atom is -0.480 e. The summed E-state index contributed by atoms with van der Waals surface area (Å²) >= 11 is 0. The number of piperazine rings is 1. The van der Waals surface area contributed by atoms with Crippen molar-refractivity contribution in [2.24, 2.45) is 0 Å². The second kappa shape index (κ2) is 11.9. The van der Waals surface area contributed by atoms with Crippen molar-refractivity contribution < 1.29 is 27.4 Å². The number of alkyl halides is 3. The normalized spacial score (nSPS) is 14.9. The van der Waals surface area contributed by atoms with Gasteiger partial charge in [0.25, 0.3) is 5.91 Å². The van der Waals surface area contributed by atoms with Gasteiger partial charge in [0.2, 0.25) is 0 Å². The molecule has 1 amide bonds. The Kier molecular flexibility index (Phi) is 10.3. The van der Waals surface area contributed by atoms with E-state index in [9.17, 15) is 18.0 Å². The van der Waals surface area contributed by atoms with Crippen molar-refractivity contribution in [3.63, 3.8) is 0 Å². The summed E-state index contributed by atoms with van der Waals surface area (Å²) in [6.45, 7) is 3.73. The SMILES string of the molecule is Cl.O=C(COc1ccccc1OCC(F)(F)F)NCCCN1CCNCC1. The van der Waals surface area contributed by atoms with Crippen LogP contribution in [0.2, 0.25) is 0 Å². The number of hydrogen-bond acceptors (Lipinski definition) is 5. The molecule has 0 bridgehead atoms. The molecule has 1 saturated heterocycles. The van der Waals surface area contributed by atoms with Gasteiger partial charge in [-0.15, -0.1) is 12.4 Å². The summed E-state index contributed by atoms with van der Waals surface area (Å²) in [7, 11) is 0. The fourth-order valence-corrected chi connectivity index (χ4v) is 2.51. The van der Waals surface area contributed by atoms with Crippen LogP contribution >= 0.6 is 12.4 Å². The summed E-state index contributed by atoms with van der Waals surface area (Å²) in [6, 6.07) is 5.96. The Morgan fingerprint density at radius 2 is 1.78 bits per heavy atom. The molecule has 2 N–H and O–H groups in total. The molecule has 0 aromatic heterocycles. The highest BCUT2D eigenvalue weighted by Gasteiger charge is 2.29. The average molecular weight is 412 g/mol. The van der Waals surface area contributed by atoms with Crippen LogP contribution in [0, 0.1) is 0 Å². The van der Waals surface area contributed by atoms with Crippen LogP contribution in [-0.4, -0.2) is 69.5 Å². The third-order valence-corrected chi connectivity index (χ3v) is 3.78. The van der Waals surface area contributed by atoms with Gasteiger partial charge in [-0.1, -0.05) is 12.1 Å². The van der Waals surface area contributed by atoms with Gasteiger partial charge in [-0.05, 0) is 25.1 Å². The van der Waals surface area contributed by atoms with Gasteiger partial charge in [0.15, 0.2) is 24.7 Å². The molecule has 27 heavy (non-hydrogen) atoms. The highest BCUT2D eigenvalue weighted by atomic mass is 35.5. The van der Waals surface area contributed by atoms with Crippen LogP contribution in [-0.2, 0) is 4.79 Å². The Labute approximate surface area is 162 Å². The number of carbonyl (C=O) groups excluding carboxylic acids is 1. The van der Waals surface area contributed by atoms with Crippen LogP contribution in [0.4, 0.5) is 13.2 Å². The van der Waals surface area contributed by atoms with Crippen LogP contribution < -0.4 is 20.1 Å². The van der Waals surface area contributed by atoms with Crippen LogP contribution in [0.5, 0.6) is 11.5 Å². The number of nitrogens with zero attached hydrogens (tertiary/aromatic N) is 1. The summed E-state index contributed by atoms with van der Waals surface area (Å²) in [5, 5.41) is 6.02. The lowest BCUT2D eigenvalue weighted by Gasteiger charge is -2.27. The number of carbonyl (C=O) groups is 1. The summed E-state index contributed by atoms with van der Waals surface area (Å²) in [6.07, 6.45) is -3.61. The molecule has 0 unspecified atom stereocenters. The molecule has 1 aliphatic heterocycles. The number of benzene rings is 1. The topological polar surface area (TPSA) is 62.8 Å². The zero-order valence-electron chi connectivity index (χ0n) is 14.9. The molecule has 0 saturated carbocycles. The van der Waals surface area contributed by atoms with E-state index < -0.39 is 12.8 Å². The molecule has 6 nitrogen and oxygen atoms in total. The van der Waals surface area contributed by atoms with Crippen molar-refractivity contribution in [1.29, 1.82) is 0 Å². The van der Waals surface area contributed by atoms with E-state index in [1.54, 1.807) is 6.07 Å². The van der Waals surface area contributed by atoms with E-state index in [-0.39, 0.29) is 36.4 Å². The summed E-state index contributed by atoms with van der Waals surface area (Å²) in [5.74, 6) is -0.264. The Bertz CT molecular complexity index is 570. The maximum Gasteiger partial charge on any atom is 0.422 e. The van der Waals surface area contributed by atoms with Crippen LogP contribution in [0.3, 0.4) is 0 Å². The Balaban J connectivity index is 0.00000364. The number of para-hydroxylation sites is 2. The van der Waals surface area contributed by atoms with E-state index in [1.807, 2.05) is 0 Å². The first-order valence-electron chi connectivity index (χ1n) is 8.55. The fraction of sp³-hybridized carbons (Fsp3) is 0.588. The van der Waals surface area contributed by atoms with Crippen molar-refractivity contribution in [1.82, 2.24) is 15.5 Å². The molecule has 0 spiro atoms. The van der Waals surface area contributed by atoms with E-state index in [1.165, 1.54) is 18.2 Å². The first kappa shape index (κ1) is 23.3. The number of hydrogen-bond donors (Lipinski definition) is 2. The van der Waals surface area contributed by atoms with Crippen molar-refractivity contribution in [2.75, 3.05) is 52.5 Å². The Morgan fingerprint density at radius 1 is 1.15 bits per heavy atom. The Hall–Kier alpha value is -1.71. The molecule has 1 heterocycles. The van der Waals surface area contributed by atoms with Crippen LogP contribution in [0.15, 0.2) is 24.3 Å². The van der Waals surface area contributed by atoms with Gasteiger partial charge in [-0.3, -0.25) is 4.79 Å². The molecule has 1 aliphatic rings. The Morgan fingerprint density at radius 3 is 2.41 bits per heavy atom. The highest BCUT2D eigenvalue weighted by molar-refractivity contribution is 5.85. The van der Waals surface area contributed by atoms with Crippen LogP contribution in [0.25, 0.3) is 0 Å². The second-order valence-electron chi connectivity index (χ2n) is 5.93. The summed E-state index contributed by atoms with van der Waals surface area (Å²) in [4.78, 5) is 14.1. The summed E-state index contributed by atoms with van der Waals surface area (Å²) < 4.78 is 46.8. The van der Waals surface area contributed by atoms with Gasteiger partial charge in [0, 0.05) is 32.7 Å². The van der Waals surface area contributed by atoms with Gasteiger partial charge in [0.05, 0.1) is 0 Å². The van der Waals surface area contributed by atoms with Gasteiger partial charge < -0.3 is 25.0 Å². The maximum absolute atomic E-state index is 12.3. The lowest BCUT2D eigenvalue weighted by molar-refractivity contribution is -0.153.